The second-order valence-electron chi connectivity index (χ2n) is 9.09. The summed E-state index contributed by atoms with van der Waals surface area (Å²) in [5, 5.41) is 2.72. The standard InChI is InChI=1S/C21H40N2O5/c1-20(2,3)27-18(25)14-13-16(19(26)28-21(4,5)6)23-17(24)12-10-8-7-9-11-15-22/h16H,7-15,22H2,1-6H3,(H,23,24). The van der Waals surface area contributed by atoms with Crippen LogP contribution in [0.3, 0.4) is 0 Å². The van der Waals surface area contributed by atoms with Crippen LogP contribution < -0.4 is 11.1 Å². The lowest BCUT2D eigenvalue weighted by atomic mass is 10.1. The van der Waals surface area contributed by atoms with E-state index in [0.29, 0.717) is 13.0 Å². The summed E-state index contributed by atoms with van der Waals surface area (Å²) in [6, 6.07) is -0.864. The minimum atomic E-state index is -0.864. The molecule has 0 heterocycles. The van der Waals surface area contributed by atoms with Gasteiger partial charge in [0.1, 0.15) is 17.2 Å². The fourth-order valence-electron chi connectivity index (χ4n) is 2.50. The van der Waals surface area contributed by atoms with Gasteiger partial charge in [0.05, 0.1) is 0 Å². The number of unbranched alkanes of at least 4 members (excludes halogenated alkanes) is 4. The second-order valence-corrected chi connectivity index (χ2v) is 9.09. The van der Waals surface area contributed by atoms with Crippen LogP contribution in [0.25, 0.3) is 0 Å². The Balaban J connectivity index is 4.61. The molecular weight excluding hydrogens is 360 g/mol. The quantitative estimate of drug-likeness (QED) is 0.385. The molecule has 1 amide bonds. The van der Waals surface area contributed by atoms with Crippen molar-refractivity contribution in [2.75, 3.05) is 6.54 Å². The van der Waals surface area contributed by atoms with Crippen molar-refractivity contribution >= 4 is 17.8 Å². The lowest BCUT2D eigenvalue weighted by Crippen LogP contribution is -2.44. The Kier molecular flexibility index (Phi) is 12.0. The van der Waals surface area contributed by atoms with Gasteiger partial charge in [-0.25, -0.2) is 4.79 Å². The van der Waals surface area contributed by atoms with E-state index >= 15 is 0 Å². The Morgan fingerprint density at radius 3 is 1.89 bits per heavy atom. The molecule has 0 aromatic rings. The van der Waals surface area contributed by atoms with E-state index in [2.05, 4.69) is 5.32 Å². The summed E-state index contributed by atoms with van der Waals surface area (Å²) in [5.41, 5.74) is 4.20. The fourth-order valence-corrected chi connectivity index (χ4v) is 2.50. The van der Waals surface area contributed by atoms with E-state index in [0.717, 1.165) is 32.1 Å². The van der Waals surface area contributed by atoms with Crippen molar-refractivity contribution in [3.63, 3.8) is 0 Å². The second kappa shape index (κ2) is 12.8. The summed E-state index contributed by atoms with van der Waals surface area (Å²) >= 11 is 0. The van der Waals surface area contributed by atoms with E-state index in [1.807, 2.05) is 0 Å². The zero-order chi connectivity index (χ0) is 21.8. The number of nitrogens with one attached hydrogen (secondary N) is 1. The van der Waals surface area contributed by atoms with Crippen molar-refractivity contribution in [2.24, 2.45) is 5.73 Å². The third-order valence-electron chi connectivity index (χ3n) is 3.69. The Labute approximate surface area is 170 Å². The molecule has 1 unspecified atom stereocenters. The normalized spacial score (nSPS) is 13.0. The van der Waals surface area contributed by atoms with Crippen LogP contribution in [0, 0.1) is 0 Å². The Morgan fingerprint density at radius 1 is 0.821 bits per heavy atom. The van der Waals surface area contributed by atoms with E-state index in [-0.39, 0.29) is 18.7 Å². The third-order valence-corrected chi connectivity index (χ3v) is 3.69. The minimum Gasteiger partial charge on any atom is -0.460 e. The summed E-state index contributed by atoms with van der Waals surface area (Å²) < 4.78 is 10.7. The molecule has 0 radical (unpaired) electrons. The molecule has 3 N–H and O–H groups in total. The maximum Gasteiger partial charge on any atom is 0.329 e. The van der Waals surface area contributed by atoms with E-state index in [1.54, 1.807) is 41.5 Å². The number of carbonyl (C=O) groups is 3. The maximum atomic E-state index is 12.4. The van der Waals surface area contributed by atoms with Crippen molar-refractivity contribution in [3.8, 4) is 0 Å². The van der Waals surface area contributed by atoms with Gasteiger partial charge in [-0.3, -0.25) is 9.59 Å². The highest BCUT2D eigenvalue weighted by Crippen LogP contribution is 2.14. The highest BCUT2D eigenvalue weighted by molar-refractivity contribution is 5.85. The van der Waals surface area contributed by atoms with E-state index in [9.17, 15) is 14.4 Å². The topological polar surface area (TPSA) is 108 Å². The van der Waals surface area contributed by atoms with Crippen LogP contribution in [0.5, 0.6) is 0 Å². The average Bonchev–Trinajstić information content (AvgIpc) is 2.51. The molecule has 0 aliphatic carbocycles. The molecule has 7 heteroatoms. The van der Waals surface area contributed by atoms with E-state index in [4.69, 9.17) is 15.2 Å². The first-order chi connectivity index (χ1) is 12.8. The third kappa shape index (κ3) is 15.4. The summed E-state index contributed by atoms with van der Waals surface area (Å²) in [7, 11) is 0. The lowest BCUT2D eigenvalue weighted by Gasteiger charge is -2.25. The van der Waals surface area contributed by atoms with Gasteiger partial charge in [-0.1, -0.05) is 19.3 Å². The number of amides is 1. The van der Waals surface area contributed by atoms with Crippen LogP contribution >= 0.6 is 0 Å². The van der Waals surface area contributed by atoms with Crippen molar-refractivity contribution in [1.82, 2.24) is 5.32 Å². The van der Waals surface area contributed by atoms with Gasteiger partial charge in [-0.2, -0.15) is 0 Å². The molecular formula is C21H40N2O5. The molecule has 0 aliphatic rings. The molecule has 0 bridgehead atoms. The number of hydrogen-bond acceptors (Lipinski definition) is 6. The number of hydrogen-bond donors (Lipinski definition) is 2. The van der Waals surface area contributed by atoms with Gasteiger partial charge in [0.15, 0.2) is 0 Å². The zero-order valence-electron chi connectivity index (χ0n) is 18.6. The van der Waals surface area contributed by atoms with Gasteiger partial charge in [0, 0.05) is 12.8 Å². The Morgan fingerprint density at radius 2 is 1.36 bits per heavy atom. The van der Waals surface area contributed by atoms with Gasteiger partial charge >= 0.3 is 11.9 Å². The SMILES string of the molecule is CC(C)(C)OC(=O)CCC(NC(=O)CCCCCCCN)C(=O)OC(C)(C)C. The van der Waals surface area contributed by atoms with E-state index in [1.165, 1.54) is 0 Å². The molecule has 7 nitrogen and oxygen atoms in total. The maximum absolute atomic E-state index is 12.4. The number of esters is 2. The zero-order valence-corrected chi connectivity index (χ0v) is 18.6. The van der Waals surface area contributed by atoms with Crippen LogP contribution in [0.4, 0.5) is 0 Å². The van der Waals surface area contributed by atoms with Gasteiger partial charge in [0.25, 0.3) is 0 Å². The monoisotopic (exact) mass is 400 g/mol. The lowest BCUT2D eigenvalue weighted by molar-refractivity contribution is -0.160. The fraction of sp³-hybridized carbons (Fsp3) is 0.857. The molecule has 28 heavy (non-hydrogen) atoms. The van der Waals surface area contributed by atoms with Crippen LogP contribution in [0.2, 0.25) is 0 Å². The summed E-state index contributed by atoms with van der Waals surface area (Å²) in [6.07, 6.45) is 5.32. The van der Waals surface area contributed by atoms with Gasteiger partial charge in [-0.05, 0) is 67.3 Å². The minimum absolute atomic E-state index is 0.0283. The van der Waals surface area contributed by atoms with Crippen molar-refractivity contribution in [3.05, 3.63) is 0 Å². The van der Waals surface area contributed by atoms with Crippen LogP contribution in [-0.4, -0.2) is 41.6 Å². The first-order valence-corrected chi connectivity index (χ1v) is 10.3. The number of rotatable bonds is 12. The molecule has 0 aliphatic heterocycles. The molecule has 0 spiro atoms. The summed E-state index contributed by atoms with van der Waals surface area (Å²) in [4.78, 5) is 36.6. The number of nitrogens with two attached hydrogens (primary N) is 1. The largest absolute Gasteiger partial charge is 0.460 e. The number of ether oxygens (including phenoxy) is 2. The molecule has 0 aromatic heterocycles. The van der Waals surface area contributed by atoms with Crippen LogP contribution in [0.15, 0.2) is 0 Å². The molecule has 1 atom stereocenters. The average molecular weight is 401 g/mol. The smallest absolute Gasteiger partial charge is 0.329 e. The molecule has 0 saturated heterocycles. The molecule has 0 aromatic carbocycles. The van der Waals surface area contributed by atoms with Crippen LogP contribution in [-0.2, 0) is 23.9 Å². The Bertz CT molecular complexity index is 492. The van der Waals surface area contributed by atoms with Crippen molar-refractivity contribution in [1.29, 1.82) is 0 Å². The number of carbonyl (C=O) groups excluding carboxylic acids is 3. The summed E-state index contributed by atoms with van der Waals surface area (Å²) in [6.45, 7) is 11.3. The van der Waals surface area contributed by atoms with Gasteiger partial charge < -0.3 is 20.5 Å². The highest BCUT2D eigenvalue weighted by Gasteiger charge is 2.28. The first kappa shape index (κ1) is 26.4. The predicted octanol–water partition coefficient (Wildman–Crippen LogP) is 3.23. The molecule has 0 saturated carbocycles. The van der Waals surface area contributed by atoms with Gasteiger partial charge in [-0.15, -0.1) is 0 Å². The van der Waals surface area contributed by atoms with Gasteiger partial charge in [0.2, 0.25) is 5.91 Å². The van der Waals surface area contributed by atoms with Crippen molar-refractivity contribution in [2.45, 2.75) is 110 Å². The molecule has 164 valence electrons. The first-order valence-electron chi connectivity index (χ1n) is 10.3. The molecule has 0 fully saturated rings. The Hall–Kier alpha value is -1.63. The summed E-state index contributed by atoms with van der Waals surface area (Å²) in [5.74, 6) is -1.15. The van der Waals surface area contributed by atoms with Crippen LogP contribution in [0.1, 0.15) is 92.9 Å². The molecule has 0 rings (SSSR count). The predicted molar refractivity (Wildman–Crippen MR) is 110 cm³/mol. The highest BCUT2D eigenvalue weighted by atomic mass is 16.6. The van der Waals surface area contributed by atoms with E-state index < -0.39 is 29.2 Å². The van der Waals surface area contributed by atoms with Crippen molar-refractivity contribution < 1.29 is 23.9 Å².